The topological polar surface area (TPSA) is 60.9 Å². The number of aryl methyl sites for hydroxylation is 2. The van der Waals surface area contributed by atoms with Crippen molar-refractivity contribution in [2.75, 3.05) is 26.2 Å². The zero-order valence-corrected chi connectivity index (χ0v) is 18.5. The predicted octanol–water partition coefficient (Wildman–Crippen LogP) is 4.21. The number of likely N-dealkylation sites (N-methyl/N-ethyl adjacent to an activating group) is 1. The Morgan fingerprint density at radius 1 is 1.06 bits per heavy atom. The van der Waals surface area contributed by atoms with Crippen LogP contribution in [0, 0.1) is 19.7 Å². The molecule has 31 heavy (non-hydrogen) atoms. The van der Waals surface area contributed by atoms with Gasteiger partial charge in [0.05, 0.1) is 11.6 Å². The van der Waals surface area contributed by atoms with Crippen LogP contribution in [0.5, 0.6) is 0 Å². The second-order valence-electron chi connectivity index (χ2n) is 7.89. The number of likely N-dealkylation sites (tertiary alicyclic amines) is 1. The lowest BCUT2D eigenvalue weighted by atomic mass is 9.93. The molecule has 2 aromatic rings. The molecule has 0 spiro atoms. The van der Waals surface area contributed by atoms with E-state index < -0.39 is 23.5 Å². The van der Waals surface area contributed by atoms with Crippen molar-refractivity contribution in [1.82, 2.24) is 9.80 Å². The molecule has 6 heteroatoms. The number of ketones is 1. The van der Waals surface area contributed by atoms with E-state index in [1.54, 1.807) is 18.2 Å². The van der Waals surface area contributed by atoms with E-state index in [0.29, 0.717) is 24.2 Å². The van der Waals surface area contributed by atoms with Crippen LogP contribution in [0.4, 0.5) is 4.39 Å². The number of carbonyl (C=O) groups is 2. The van der Waals surface area contributed by atoms with E-state index in [-0.39, 0.29) is 11.3 Å². The summed E-state index contributed by atoms with van der Waals surface area (Å²) in [6.45, 7) is 10.4. The highest BCUT2D eigenvalue weighted by molar-refractivity contribution is 6.46. The third-order valence-corrected chi connectivity index (χ3v) is 5.93. The SMILES string of the molecule is CCN(CC)CCN1C(=O)C(=O)C(=C(O)c2cc(C)ccc2C)C1c1ccc(F)cc1. The zero-order chi connectivity index (χ0) is 22.7. The molecule has 1 amide bonds. The third kappa shape index (κ3) is 4.54. The van der Waals surface area contributed by atoms with Gasteiger partial charge in [-0.1, -0.05) is 43.7 Å². The standard InChI is InChI=1S/C25H29FN2O3/c1-5-27(6-2)13-14-28-22(18-9-11-19(26)12-10-18)21(24(30)25(28)31)23(29)20-15-16(3)7-8-17(20)4/h7-12,15,22,29H,5-6,13-14H2,1-4H3. The third-order valence-electron chi connectivity index (χ3n) is 5.93. The molecule has 164 valence electrons. The van der Waals surface area contributed by atoms with Gasteiger partial charge in [0.25, 0.3) is 11.7 Å². The summed E-state index contributed by atoms with van der Waals surface area (Å²) in [5.41, 5.74) is 2.89. The molecular formula is C25H29FN2O3. The molecule has 0 aromatic heterocycles. The monoisotopic (exact) mass is 424 g/mol. The van der Waals surface area contributed by atoms with Crippen LogP contribution in [0.3, 0.4) is 0 Å². The molecule has 0 radical (unpaired) electrons. The van der Waals surface area contributed by atoms with E-state index >= 15 is 0 Å². The molecule has 1 heterocycles. The number of amides is 1. The van der Waals surface area contributed by atoms with E-state index in [1.165, 1.54) is 17.0 Å². The number of hydrogen-bond donors (Lipinski definition) is 1. The van der Waals surface area contributed by atoms with Crippen molar-refractivity contribution in [1.29, 1.82) is 0 Å². The summed E-state index contributed by atoms with van der Waals surface area (Å²) in [6.07, 6.45) is 0. The maximum atomic E-state index is 13.6. The summed E-state index contributed by atoms with van der Waals surface area (Å²) in [4.78, 5) is 29.7. The highest BCUT2D eigenvalue weighted by Gasteiger charge is 2.46. The molecule has 1 saturated heterocycles. The van der Waals surface area contributed by atoms with Gasteiger partial charge in [-0.05, 0) is 56.3 Å². The maximum Gasteiger partial charge on any atom is 0.295 e. The van der Waals surface area contributed by atoms with Crippen molar-refractivity contribution >= 4 is 17.4 Å². The summed E-state index contributed by atoms with van der Waals surface area (Å²) < 4.78 is 13.6. The highest BCUT2D eigenvalue weighted by Crippen LogP contribution is 2.39. The van der Waals surface area contributed by atoms with Crippen molar-refractivity contribution in [2.24, 2.45) is 0 Å². The summed E-state index contributed by atoms with van der Waals surface area (Å²) in [5, 5.41) is 11.2. The average molecular weight is 425 g/mol. The van der Waals surface area contributed by atoms with Gasteiger partial charge < -0.3 is 14.9 Å². The minimum atomic E-state index is -0.768. The van der Waals surface area contributed by atoms with Crippen molar-refractivity contribution < 1.29 is 19.1 Å². The summed E-state index contributed by atoms with van der Waals surface area (Å²) in [6, 6.07) is 10.6. The van der Waals surface area contributed by atoms with Crippen LogP contribution in [-0.4, -0.2) is 52.8 Å². The molecule has 1 fully saturated rings. The van der Waals surface area contributed by atoms with Gasteiger partial charge in [-0.15, -0.1) is 0 Å². The number of Topliss-reactive ketones (excluding diaryl/α,β-unsaturated/α-hetero) is 1. The first-order valence-corrected chi connectivity index (χ1v) is 10.6. The van der Waals surface area contributed by atoms with Crippen LogP contribution in [0.1, 0.15) is 42.1 Å². The van der Waals surface area contributed by atoms with Crippen molar-refractivity contribution in [3.05, 3.63) is 76.1 Å². The first-order valence-electron chi connectivity index (χ1n) is 10.6. The average Bonchev–Trinajstić information content (AvgIpc) is 3.01. The Morgan fingerprint density at radius 2 is 1.71 bits per heavy atom. The Balaban J connectivity index is 2.13. The Bertz CT molecular complexity index is 1010. The molecule has 1 atom stereocenters. The predicted molar refractivity (Wildman–Crippen MR) is 119 cm³/mol. The molecule has 0 bridgehead atoms. The maximum absolute atomic E-state index is 13.6. The van der Waals surface area contributed by atoms with E-state index in [0.717, 1.165) is 24.2 Å². The smallest absolute Gasteiger partial charge is 0.295 e. The number of carbonyl (C=O) groups excluding carboxylic acids is 2. The zero-order valence-electron chi connectivity index (χ0n) is 18.5. The number of benzene rings is 2. The Hall–Kier alpha value is -2.99. The number of halogens is 1. The molecule has 3 rings (SSSR count). The van der Waals surface area contributed by atoms with Crippen LogP contribution < -0.4 is 0 Å². The van der Waals surface area contributed by atoms with Gasteiger partial charge in [0.2, 0.25) is 0 Å². The Kier molecular flexibility index (Phi) is 6.91. The lowest BCUT2D eigenvalue weighted by molar-refractivity contribution is -0.140. The minimum absolute atomic E-state index is 0.0462. The van der Waals surface area contributed by atoms with Gasteiger partial charge in [0.1, 0.15) is 11.6 Å². The van der Waals surface area contributed by atoms with Crippen molar-refractivity contribution in [2.45, 2.75) is 33.7 Å². The molecule has 1 N–H and O–H groups in total. The van der Waals surface area contributed by atoms with Crippen molar-refractivity contribution in [3.8, 4) is 0 Å². The van der Waals surface area contributed by atoms with E-state index in [9.17, 15) is 19.1 Å². The van der Waals surface area contributed by atoms with E-state index in [2.05, 4.69) is 4.90 Å². The molecule has 1 unspecified atom stereocenters. The van der Waals surface area contributed by atoms with Gasteiger partial charge in [-0.25, -0.2) is 4.39 Å². The lowest BCUT2D eigenvalue weighted by Gasteiger charge is -2.28. The first kappa shape index (κ1) is 22.7. The number of aliphatic hydroxyl groups excluding tert-OH is 1. The van der Waals surface area contributed by atoms with E-state index in [1.807, 2.05) is 39.8 Å². The second-order valence-corrected chi connectivity index (χ2v) is 7.89. The molecule has 5 nitrogen and oxygen atoms in total. The first-order chi connectivity index (χ1) is 14.8. The van der Waals surface area contributed by atoms with Gasteiger partial charge in [-0.2, -0.15) is 0 Å². The molecule has 0 saturated carbocycles. The number of hydrogen-bond acceptors (Lipinski definition) is 4. The lowest BCUT2D eigenvalue weighted by Crippen LogP contribution is -2.38. The molecule has 2 aromatic carbocycles. The van der Waals surface area contributed by atoms with Crippen LogP contribution in [0.2, 0.25) is 0 Å². The molecule has 1 aliphatic rings. The van der Waals surface area contributed by atoms with Gasteiger partial charge in [0.15, 0.2) is 0 Å². The van der Waals surface area contributed by atoms with E-state index in [4.69, 9.17) is 0 Å². The summed E-state index contributed by atoms with van der Waals surface area (Å²) in [5.74, 6) is -1.96. The second kappa shape index (κ2) is 9.43. The summed E-state index contributed by atoms with van der Waals surface area (Å²) in [7, 11) is 0. The summed E-state index contributed by atoms with van der Waals surface area (Å²) >= 11 is 0. The van der Waals surface area contributed by atoms with Crippen LogP contribution in [0.25, 0.3) is 5.76 Å². The molecule has 0 aliphatic carbocycles. The molecular weight excluding hydrogens is 395 g/mol. The fourth-order valence-electron chi connectivity index (χ4n) is 4.03. The van der Waals surface area contributed by atoms with Crippen LogP contribution in [-0.2, 0) is 9.59 Å². The quantitative estimate of drug-likeness (QED) is 0.411. The van der Waals surface area contributed by atoms with Crippen LogP contribution >= 0.6 is 0 Å². The largest absolute Gasteiger partial charge is 0.507 e. The Labute approximate surface area is 182 Å². The fourth-order valence-corrected chi connectivity index (χ4v) is 4.03. The van der Waals surface area contributed by atoms with Crippen molar-refractivity contribution in [3.63, 3.8) is 0 Å². The fraction of sp³-hybridized carbons (Fsp3) is 0.360. The highest BCUT2D eigenvalue weighted by atomic mass is 19.1. The van der Waals surface area contributed by atoms with Crippen LogP contribution in [0.15, 0.2) is 48.0 Å². The number of rotatable bonds is 7. The van der Waals surface area contributed by atoms with Gasteiger partial charge in [-0.3, -0.25) is 9.59 Å². The number of aliphatic hydroxyl groups is 1. The Morgan fingerprint density at radius 3 is 2.32 bits per heavy atom. The molecule has 1 aliphatic heterocycles. The normalized spacial score (nSPS) is 18.3. The van der Waals surface area contributed by atoms with Gasteiger partial charge >= 0.3 is 0 Å². The number of nitrogens with zero attached hydrogens (tertiary/aromatic N) is 2. The van der Waals surface area contributed by atoms with Gasteiger partial charge in [0, 0.05) is 18.7 Å². The minimum Gasteiger partial charge on any atom is -0.507 e.